The van der Waals surface area contributed by atoms with Crippen molar-refractivity contribution in [3.8, 4) is 5.75 Å². The van der Waals surface area contributed by atoms with Crippen LogP contribution in [0.3, 0.4) is 0 Å². The Balaban J connectivity index is 1.63. The Morgan fingerprint density at radius 1 is 1.27 bits per heavy atom. The summed E-state index contributed by atoms with van der Waals surface area (Å²) in [5, 5.41) is 12.7. The van der Waals surface area contributed by atoms with Gasteiger partial charge in [0.25, 0.3) is 0 Å². The topological polar surface area (TPSA) is 58.6 Å². The number of carbonyl (C=O) groups excluding carboxylic acids is 1. The van der Waals surface area contributed by atoms with Crippen molar-refractivity contribution in [1.29, 1.82) is 0 Å². The fraction of sp³-hybridized carbons (Fsp3) is 0.235. The van der Waals surface area contributed by atoms with E-state index in [9.17, 15) is 14.3 Å². The van der Waals surface area contributed by atoms with E-state index >= 15 is 0 Å². The number of aliphatic hydroxyl groups is 1. The number of fused-ring (bicyclic) bond motifs is 1. The van der Waals surface area contributed by atoms with Crippen molar-refractivity contribution < 1.29 is 19.0 Å². The second-order valence-electron chi connectivity index (χ2n) is 5.18. The Morgan fingerprint density at radius 2 is 2.00 bits per heavy atom. The Hall–Kier alpha value is -2.40. The zero-order chi connectivity index (χ0) is 15.5. The van der Waals surface area contributed by atoms with E-state index < -0.39 is 17.8 Å². The smallest absolute Gasteiger partial charge is 0.231 e. The van der Waals surface area contributed by atoms with E-state index in [1.807, 2.05) is 24.3 Å². The number of benzene rings is 2. The Kier molecular flexibility index (Phi) is 4.06. The molecule has 0 aliphatic carbocycles. The number of hydrogen-bond acceptors (Lipinski definition) is 3. The molecule has 2 aromatic carbocycles. The predicted molar refractivity (Wildman–Crippen MR) is 79.0 cm³/mol. The first-order valence-corrected chi connectivity index (χ1v) is 7.08. The van der Waals surface area contributed by atoms with Gasteiger partial charge in [-0.15, -0.1) is 0 Å². The molecule has 2 aromatic rings. The third-order valence-electron chi connectivity index (χ3n) is 3.75. The van der Waals surface area contributed by atoms with Crippen molar-refractivity contribution in [2.75, 3.05) is 13.2 Å². The first-order valence-electron chi connectivity index (χ1n) is 7.08. The van der Waals surface area contributed by atoms with E-state index in [1.165, 1.54) is 12.1 Å². The first kappa shape index (κ1) is 14.5. The largest absolute Gasteiger partial charge is 0.492 e. The number of carbonyl (C=O) groups is 1. The van der Waals surface area contributed by atoms with Gasteiger partial charge < -0.3 is 15.2 Å². The normalized spacial score (nSPS) is 17.5. The number of ether oxygens (including phenoxy) is 1. The molecule has 0 radical (unpaired) electrons. The maximum absolute atomic E-state index is 13.6. The summed E-state index contributed by atoms with van der Waals surface area (Å²) in [5.74, 6) is -0.416. The van der Waals surface area contributed by atoms with Crippen LogP contribution in [0.4, 0.5) is 4.39 Å². The molecule has 0 bridgehead atoms. The van der Waals surface area contributed by atoms with E-state index in [4.69, 9.17) is 4.74 Å². The van der Waals surface area contributed by atoms with Gasteiger partial charge in [0.05, 0.1) is 6.10 Å². The molecule has 0 spiro atoms. The maximum atomic E-state index is 13.6. The van der Waals surface area contributed by atoms with E-state index in [-0.39, 0.29) is 24.6 Å². The minimum absolute atomic E-state index is 0.0432. The van der Waals surface area contributed by atoms with Crippen LogP contribution in [0.2, 0.25) is 0 Å². The van der Waals surface area contributed by atoms with Gasteiger partial charge in [-0.05, 0) is 12.1 Å². The minimum Gasteiger partial charge on any atom is -0.492 e. The van der Waals surface area contributed by atoms with Gasteiger partial charge in [-0.3, -0.25) is 4.79 Å². The van der Waals surface area contributed by atoms with Crippen LogP contribution >= 0.6 is 0 Å². The Bertz CT molecular complexity index is 689. The maximum Gasteiger partial charge on any atom is 0.231 e. The summed E-state index contributed by atoms with van der Waals surface area (Å²) < 4.78 is 19.0. The van der Waals surface area contributed by atoms with Gasteiger partial charge in [-0.2, -0.15) is 0 Å². The molecular formula is C17H16FNO3. The third-order valence-corrected chi connectivity index (χ3v) is 3.75. The molecule has 0 fully saturated rings. The van der Waals surface area contributed by atoms with E-state index in [2.05, 4.69) is 5.32 Å². The molecule has 1 amide bonds. The summed E-state index contributed by atoms with van der Waals surface area (Å²) in [6.07, 6.45) is -1.08. The minimum atomic E-state index is -1.08. The van der Waals surface area contributed by atoms with Gasteiger partial charge in [0.15, 0.2) is 0 Å². The number of aliphatic hydroxyl groups excluding tert-OH is 1. The van der Waals surface area contributed by atoms with Gasteiger partial charge in [0, 0.05) is 17.7 Å². The summed E-state index contributed by atoms with van der Waals surface area (Å²) in [5.41, 5.74) is 1.01. The summed E-state index contributed by atoms with van der Waals surface area (Å²) in [7, 11) is 0. The lowest BCUT2D eigenvalue weighted by Crippen LogP contribution is -2.33. The highest BCUT2D eigenvalue weighted by Crippen LogP contribution is 2.33. The highest BCUT2D eigenvalue weighted by molar-refractivity contribution is 5.85. The Labute approximate surface area is 127 Å². The van der Waals surface area contributed by atoms with Gasteiger partial charge in [-0.1, -0.05) is 36.4 Å². The number of hydrogen-bond donors (Lipinski definition) is 2. The third kappa shape index (κ3) is 2.80. The summed E-state index contributed by atoms with van der Waals surface area (Å²) in [6.45, 7) is 0.236. The van der Waals surface area contributed by atoms with Crippen molar-refractivity contribution in [3.63, 3.8) is 0 Å². The van der Waals surface area contributed by atoms with Crippen LogP contribution in [0.15, 0.2) is 48.5 Å². The molecular weight excluding hydrogens is 285 g/mol. The fourth-order valence-electron chi connectivity index (χ4n) is 2.56. The molecule has 2 N–H and O–H groups in total. The summed E-state index contributed by atoms with van der Waals surface area (Å²) in [4.78, 5) is 12.2. The second-order valence-corrected chi connectivity index (χ2v) is 5.18. The first-order chi connectivity index (χ1) is 10.7. The lowest BCUT2D eigenvalue weighted by Gasteiger charge is -2.15. The average Bonchev–Trinajstić information content (AvgIpc) is 2.97. The summed E-state index contributed by atoms with van der Waals surface area (Å²) >= 11 is 0. The van der Waals surface area contributed by atoms with Crippen molar-refractivity contribution in [3.05, 3.63) is 65.5 Å². The van der Waals surface area contributed by atoms with Crippen molar-refractivity contribution in [1.82, 2.24) is 5.32 Å². The van der Waals surface area contributed by atoms with Crippen LogP contribution in [0.5, 0.6) is 5.75 Å². The van der Waals surface area contributed by atoms with Crippen molar-refractivity contribution in [2.45, 2.75) is 12.0 Å². The monoisotopic (exact) mass is 301 g/mol. The molecule has 0 saturated heterocycles. The quantitative estimate of drug-likeness (QED) is 0.910. The molecule has 22 heavy (non-hydrogen) atoms. The van der Waals surface area contributed by atoms with Crippen LogP contribution < -0.4 is 10.1 Å². The highest BCUT2D eigenvalue weighted by atomic mass is 19.1. The Morgan fingerprint density at radius 3 is 2.82 bits per heavy atom. The van der Waals surface area contributed by atoms with E-state index in [1.54, 1.807) is 12.1 Å². The van der Waals surface area contributed by atoms with Crippen LogP contribution in [0.25, 0.3) is 0 Å². The molecule has 0 aromatic heterocycles. The van der Waals surface area contributed by atoms with E-state index in [0.717, 1.165) is 5.56 Å². The lowest BCUT2D eigenvalue weighted by atomic mass is 10.0. The number of halogens is 1. The zero-order valence-electron chi connectivity index (χ0n) is 11.8. The number of rotatable bonds is 4. The van der Waals surface area contributed by atoms with Crippen LogP contribution in [0.1, 0.15) is 23.1 Å². The van der Waals surface area contributed by atoms with Gasteiger partial charge >= 0.3 is 0 Å². The van der Waals surface area contributed by atoms with Crippen molar-refractivity contribution >= 4 is 5.91 Å². The molecule has 1 heterocycles. The average molecular weight is 301 g/mol. The van der Waals surface area contributed by atoms with Gasteiger partial charge in [-0.25, -0.2) is 4.39 Å². The number of para-hydroxylation sites is 1. The summed E-state index contributed by atoms with van der Waals surface area (Å²) in [6, 6.07) is 13.3. The standard InChI is InChI=1S/C17H16FNO3/c18-14-7-3-1-6-12(14)15(20)9-19-17(21)13-10-22-16-8-4-2-5-11(13)16/h1-8,13,15,20H,9-10H2,(H,19,21)/t13-,15-/m0/s1. The predicted octanol–water partition coefficient (Wildman–Crippen LogP) is 2.15. The zero-order valence-corrected chi connectivity index (χ0v) is 11.8. The van der Waals surface area contributed by atoms with Crippen LogP contribution in [-0.2, 0) is 4.79 Å². The SMILES string of the molecule is O=C(NC[C@H](O)c1ccccc1F)[C@H]1COc2ccccc21. The highest BCUT2D eigenvalue weighted by Gasteiger charge is 2.30. The number of nitrogens with one attached hydrogen (secondary N) is 1. The molecule has 5 heteroatoms. The molecule has 4 nitrogen and oxygen atoms in total. The molecule has 3 rings (SSSR count). The van der Waals surface area contributed by atoms with E-state index in [0.29, 0.717) is 5.75 Å². The van der Waals surface area contributed by atoms with Crippen LogP contribution in [-0.4, -0.2) is 24.2 Å². The molecule has 1 aliphatic rings. The fourth-order valence-corrected chi connectivity index (χ4v) is 2.56. The van der Waals surface area contributed by atoms with Gasteiger partial charge in [0.2, 0.25) is 5.91 Å². The molecule has 2 atom stereocenters. The van der Waals surface area contributed by atoms with Crippen LogP contribution in [0, 0.1) is 5.82 Å². The molecule has 0 saturated carbocycles. The lowest BCUT2D eigenvalue weighted by molar-refractivity contribution is -0.123. The number of amides is 1. The molecule has 0 unspecified atom stereocenters. The molecule has 114 valence electrons. The van der Waals surface area contributed by atoms with Gasteiger partial charge in [0.1, 0.15) is 24.1 Å². The second kappa shape index (κ2) is 6.15. The van der Waals surface area contributed by atoms with Crippen molar-refractivity contribution in [2.24, 2.45) is 0 Å². The molecule has 1 aliphatic heterocycles.